The normalized spacial score (nSPS) is 14.4. The molecule has 0 unspecified atom stereocenters. The molecule has 116 valence electrons. The summed E-state index contributed by atoms with van der Waals surface area (Å²) in [5.41, 5.74) is 2.56. The quantitative estimate of drug-likeness (QED) is 0.847. The van der Waals surface area contributed by atoms with Crippen LogP contribution in [0, 0.1) is 0 Å². The van der Waals surface area contributed by atoms with Crippen LogP contribution in [0.4, 0.5) is 0 Å². The van der Waals surface area contributed by atoms with Crippen molar-refractivity contribution in [3.05, 3.63) is 29.1 Å². The van der Waals surface area contributed by atoms with E-state index >= 15 is 0 Å². The first kappa shape index (κ1) is 15.4. The first-order valence-electron chi connectivity index (χ1n) is 7.31. The minimum atomic E-state index is 0.118. The number of fused-ring (bicyclic) bond motifs is 1. The molecule has 2 aromatic heterocycles. The van der Waals surface area contributed by atoms with Crippen LogP contribution in [0.15, 0.2) is 29.2 Å². The van der Waals surface area contributed by atoms with Crippen molar-refractivity contribution < 1.29 is 4.79 Å². The largest absolute Gasteiger partial charge is 0.331 e. The number of thioether (sulfide) groups is 1. The second kappa shape index (κ2) is 6.71. The van der Waals surface area contributed by atoms with Crippen LogP contribution >= 0.6 is 23.4 Å². The molecule has 1 amide bonds. The number of aromatic nitrogens is 3. The van der Waals surface area contributed by atoms with Crippen molar-refractivity contribution in [1.29, 1.82) is 0 Å². The number of imidazole rings is 1. The lowest BCUT2D eigenvalue weighted by atomic mass is 10.3. The van der Waals surface area contributed by atoms with Crippen LogP contribution in [-0.4, -0.2) is 38.1 Å². The van der Waals surface area contributed by atoms with Gasteiger partial charge in [-0.05, 0) is 32.3 Å². The molecule has 0 spiro atoms. The number of carbonyl (C=O) groups is 1. The summed E-state index contributed by atoms with van der Waals surface area (Å²) in [5.74, 6) is 0.478. The van der Waals surface area contributed by atoms with Crippen LogP contribution in [0.25, 0.3) is 11.2 Å². The lowest BCUT2D eigenvalue weighted by molar-refractivity contribution is -0.126. The number of rotatable bonds is 5. The number of H-pyrrole nitrogens is 1. The zero-order valence-corrected chi connectivity index (χ0v) is 13.9. The Morgan fingerprint density at radius 2 is 2.41 bits per heavy atom. The Kier molecular flexibility index (Phi) is 4.69. The topological polar surface area (TPSA) is 61.9 Å². The SMILES string of the molecule is CCN(C(=O)CSc1nc2ncc(Cl)cc2[nH]1)C1=CCCC1. The number of pyridine rings is 1. The van der Waals surface area contributed by atoms with Gasteiger partial charge in [-0.1, -0.05) is 29.4 Å². The lowest BCUT2D eigenvalue weighted by Gasteiger charge is -2.21. The molecular weight excluding hydrogens is 320 g/mol. The number of hydrogen-bond acceptors (Lipinski definition) is 4. The highest BCUT2D eigenvalue weighted by atomic mass is 35.5. The van der Waals surface area contributed by atoms with Crippen LogP contribution < -0.4 is 0 Å². The van der Waals surface area contributed by atoms with Crippen molar-refractivity contribution in [3.63, 3.8) is 0 Å². The zero-order chi connectivity index (χ0) is 15.5. The van der Waals surface area contributed by atoms with Crippen LogP contribution in [-0.2, 0) is 4.79 Å². The molecule has 0 saturated carbocycles. The monoisotopic (exact) mass is 336 g/mol. The maximum Gasteiger partial charge on any atom is 0.237 e. The molecule has 22 heavy (non-hydrogen) atoms. The summed E-state index contributed by atoms with van der Waals surface area (Å²) in [4.78, 5) is 25.9. The Hall–Kier alpha value is -1.53. The maximum atomic E-state index is 12.4. The number of amides is 1. The van der Waals surface area contributed by atoms with Gasteiger partial charge in [-0.2, -0.15) is 0 Å². The summed E-state index contributed by atoms with van der Waals surface area (Å²) in [7, 11) is 0. The summed E-state index contributed by atoms with van der Waals surface area (Å²) >= 11 is 7.30. The Bertz CT molecular complexity index is 727. The summed E-state index contributed by atoms with van der Waals surface area (Å²) in [5, 5.41) is 1.25. The van der Waals surface area contributed by atoms with E-state index in [1.807, 2.05) is 11.8 Å². The molecule has 2 heterocycles. The van der Waals surface area contributed by atoms with Gasteiger partial charge in [0.15, 0.2) is 10.8 Å². The van der Waals surface area contributed by atoms with Crippen molar-refractivity contribution in [2.45, 2.75) is 31.3 Å². The third-order valence-electron chi connectivity index (χ3n) is 3.60. The fourth-order valence-electron chi connectivity index (χ4n) is 2.57. The van der Waals surface area contributed by atoms with Crippen molar-refractivity contribution >= 4 is 40.4 Å². The number of carbonyl (C=O) groups excluding carboxylic acids is 1. The summed E-state index contributed by atoms with van der Waals surface area (Å²) in [6, 6.07) is 1.78. The second-order valence-corrected chi connectivity index (χ2v) is 6.48. The Morgan fingerprint density at radius 1 is 1.55 bits per heavy atom. The second-order valence-electron chi connectivity index (χ2n) is 5.08. The van der Waals surface area contributed by atoms with Crippen molar-refractivity contribution in [2.24, 2.45) is 0 Å². The highest BCUT2D eigenvalue weighted by Crippen LogP contribution is 2.24. The molecule has 1 aliphatic rings. The molecule has 0 radical (unpaired) electrons. The Morgan fingerprint density at radius 3 is 3.14 bits per heavy atom. The minimum absolute atomic E-state index is 0.118. The molecule has 1 aliphatic carbocycles. The van der Waals surface area contributed by atoms with E-state index in [1.54, 1.807) is 12.3 Å². The van der Waals surface area contributed by atoms with Gasteiger partial charge >= 0.3 is 0 Å². The highest BCUT2D eigenvalue weighted by Gasteiger charge is 2.19. The van der Waals surface area contributed by atoms with Gasteiger partial charge in [0, 0.05) is 18.4 Å². The number of nitrogens with one attached hydrogen (secondary N) is 1. The van der Waals surface area contributed by atoms with Gasteiger partial charge < -0.3 is 9.88 Å². The van der Waals surface area contributed by atoms with Gasteiger partial charge in [-0.15, -0.1) is 0 Å². The summed E-state index contributed by atoms with van der Waals surface area (Å²) < 4.78 is 0. The molecule has 0 saturated heterocycles. The molecule has 0 fully saturated rings. The molecular formula is C15H17ClN4OS. The van der Waals surface area contributed by atoms with Crippen LogP contribution in [0.5, 0.6) is 0 Å². The lowest BCUT2D eigenvalue weighted by Crippen LogP contribution is -2.31. The first-order valence-corrected chi connectivity index (χ1v) is 8.67. The van der Waals surface area contributed by atoms with Gasteiger partial charge in [0.25, 0.3) is 0 Å². The third-order valence-corrected chi connectivity index (χ3v) is 4.66. The molecule has 7 heteroatoms. The fourth-order valence-corrected chi connectivity index (χ4v) is 3.47. The number of halogens is 1. The number of allylic oxidation sites excluding steroid dienone is 2. The average molecular weight is 337 g/mol. The fraction of sp³-hybridized carbons (Fsp3) is 0.400. The van der Waals surface area contributed by atoms with E-state index in [1.165, 1.54) is 11.8 Å². The van der Waals surface area contributed by atoms with Gasteiger partial charge in [-0.25, -0.2) is 9.97 Å². The molecule has 3 rings (SSSR count). The minimum Gasteiger partial charge on any atom is -0.331 e. The molecule has 5 nitrogen and oxygen atoms in total. The number of nitrogens with zero attached hydrogens (tertiary/aromatic N) is 3. The molecule has 0 aliphatic heterocycles. The standard InChI is InChI=1S/C15H17ClN4OS/c1-2-20(11-5-3-4-6-11)13(21)9-22-15-18-12-7-10(16)8-17-14(12)19-15/h5,7-8H,2-4,6,9H2,1H3,(H,17,18,19). The van der Waals surface area contributed by atoms with E-state index in [-0.39, 0.29) is 5.91 Å². The van der Waals surface area contributed by atoms with Crippen LogP contribution in [0.2, 0.25) is 5.02 Å². The predicted octanol–water partition coefficient (Wildman–Crippen LogP) is 3.62. The van der Waals surface area contributed by atoms with Crippen LogP contribution in [0.3, 0.4) is 0 Å². The zero-order valence-electron chi connectivity index (χ0n) is 12.3. The number of aromatic amines is 1. The van der Waals surface area contributed by atoms with E-state index in [4.69, 9.17) is 11.6 Å². The molecule has 1 N–H and O–H groups in total. The van der Waals surface area contributed by atoms with Gasteiger partial charge in [0.05, 0.1) is 16.3 Å². The summed E-state index contributed by atoms with van der Waals surface area (Å²) in [6.07, 6.45) is 6.94. The van der Waals surface area contributed by atoms with Crippen molar-refractivity contribution in [3.8, 4) is 0 Å². The first-order chi connectivity index (χ1) is 10.7. The van der Waals surface area contributed by atoms with Gasteiger partial charge in [0.1, 0.15) is 0 Å². The molecule has 2 aromatic rings. The van der Waals surface area contributed by atoms with Crippen molar-refractivity contribution in [2.75, 3.05) is 12.3 Å². The van der Waals surface area contributed by atoms with Crippen LogP contribution in [0.1, 0.15) is 26.2 Å². The van der Waals surface area contributed by atoms with E-state index in [9.17, 15) is 4.79 Å². The predicted molar refractivity (Wildman–Crippen MR) is 88.9 cm³/mol. The Labute approximate surface area is 138 Å². The smallest absolute Gasteiger partial charge is 0.237 e. The van der Waals surface area contributed by atoms with E-state index in [0.29, 0.717) is 28.1 Å². The molecule has 0 bridgehead atoms. The van der Waals surface area contributed by atoms with E-state index < -0.39 is 0 Å². The van der Waals surface area contributed by atoms with E-state index in [0.717, 1.165) is 30.5 Å². The van der Waals surface area contributed by atoms with Crippen molar-refractivity contribution in [1.82, 2.24) is 19.9 Å². The summed E-state index contributed by atoms with van der Waals surface area (Å²) in [6.45, 7) is 2.72. The maximum absolute atomic E-state index is 12.4. The molecule has 0 atom stereocenters. The average Bonchev–Trinajstić information content (AvgIpc) is 3.14. The number of hydrogen-bond donors (Lipinski definition) is 1. The van der Waals surface area contributed by atoms with Gasteiger partial charge in [0.2, 0.25) is 5.91 Å². The Balaban J connectivity index is 1.66. The molecule has 0 aromatic carbocycles. The van der Waals surface area contributed by atoms with Gasteiger partial charge in [-0.3, -0.25) is 4.79 Å². The highest BCUT2D eigenvalue weighted by molar-refractivity contribution is 7.99. The third kappa shape index (κ3) is 3.28. The van der Waals surface area contributed by atoms with E-state index in [2.05, 4.69) is 21.0 Å².